The number of ketones is 1. The molecule has 5 rings (SSSR count). The van der Waals surface area contributed by atoms with Crippen LogP contribution in [0, 0.1) is 34.5 Å². The van der Waals surface area contributed by atoms with Gasteiger partial charge in [0.15, 0.2) is 0 Å². The number of carbonyl (C=O) groups is 1. The van der Waals surface area contributed by atoms with Crippen molar-refractivity contribution in [1.82, 2.24) is 4.90 Å². The van der Waals surface area contributed by atoms with Crippen LogP contribution in [0.2, 0.25) is 0 Å². The van der Waals surface area contributed by atoms with Crippen LogP contribution in [-0.4, -0.2) is 54.7 Å². The first-order chi connectivity index (χ1) is 13.4. The average Bonchev–Trinajstić information content (AvgIpc) is 2.94. The molecule has 1 heterocycles. The third-order valence-corrected chi connectivity index (χ3v) is 9.52. The predicted octanol–water partition coefficient (Wildman–Crippen LogP) is 3.44. The van der Waals surface area contributed by atoms with E-state index < -0.39 is 0 Å². The minimum absolute atomic E-state index is 0.103. The predicted molar refractivity (Wildman–Crippen MR) is 109 cm³/mol. The van der Waals surface area contributed by atoms with Crippen LogP contribution in [0.25, 0.3) is 0 Å². The van der Waals surface area contributed by atoms with Crippen molar-refractivity contribution in [2.45, 2.75) is 64.9 Å². The number of aliphatic hydroxyl groups is 1. The van der Waals surface area contributed by atoms with Gasteiger partial charge < -0.3 is 9.84 Å². The van der Waals surface area contributed by atoms with Gasteiger partial charge in [-0.05, 0) is 68.1 Å². The second-order valence-corrected chi connectivity index (χ2v) is 10.8. The Kier molecular flexibility index (Phi) is 4.76. The zero-order chi connectivity index (χ0) is 19.5. The Hall–Kier alpha value is -0.710. The monoisotopic (exact) mass is 387 g/mol. The van der Waals surface area contributed by atoms with Crippen LogP contribution in [0.15, 0.2) is 11.6 Å². The number of hydrogen-bond donors (Lipinski definition) is 1. The van der Waals surface area contributed by atoms with E-state index in [9.17, 15) is 9.90 Å². The number of aliphatic hydroxyl groups excluding tert-OH is 1. The van der Waals surface area contributed by atoms with E-state index in [0.717, 1.165) is 71.4 Å². The van der Waals surface area contributed by atoms with Crippen molar-refractivity contribution in [3.05, 3.63) is 11.6 Å². The second-order valence-electron chi connectivity index (χ2n) is 10.8. The van der Waals surface area contributed by atoms with Gasteiger partial charge in [0.1, 0.15) is 5.78 Å². The maximum absolute atomic E-state index is 13.5. The van der Waals surface area contributed by atoms with E-state index in [1.807, 2.05) is 0 Å². The van der Waals surface area contributed by atoms with Crippen molar-refractivity contribution in [3.63, 3.8) is 0 Å². The standard InChI is InChI=1S/C24H37NO3/c1-23-7-5-18(26)14-17(23)3-4-19-20(23)6-8-24(2)21(19)13-16(22(24)27)15-25-9-11-28-12-10-25/h3,16,18-21,26H,4-15H2,1-2H3/t16-,18-,19-,20+,21-,23-,24-/m1/s1. The summed E-state index contributed by atoms with van der Waals surface area (Å²) in [5, 5.41) is 10.2. The summed E-state index contributed by atoms with van der Waals surface area (Å²) >= 11 is 0. The van der Waals surface area contributed by atoms with Gasteiger partial charge in [-0.3, -0.25) is 9.69 Å². The van der Waals surface area contributed by atoms with Crippen molar-refractivity contribution in [2.24, 2.45) is 34.5 Å². The summed E-state index contributed by atoms with van der Waals surface area (Å²) in [6.07, 6.45) is 9.74. The van der Waals surface area contributed by atoms with Crippen molar-refractivity contribution >= 4 is 5.78 Å². The zero-order valence-corrected chi connectivity index (χ0v) is 17.7. The van der Waals surface area contributed by atoms with Crippen LogP contribution < -0.4 is 0 Å². The molecular formula is C24H37NO3. The molecule has 1 N–H and O–H groups in total. The largest absolute Gasteiger partial charge is 0.393 e. The number of carbonyl (C=O) groups excluding carboxylic acids is 1. The number of Topliss-reactive ketones (excluding diaryl/α,β-unsaturated/α-hetero) is 1. The van der Waals surface area contributed by atoms with Crippen molar-refractivity contribution in [3.8, 4) is 0 Å². The molecule has 0 amide bonds. The molecule has 3 saturated carbocycles. The molecule has 0 aromatic carbocycles. The summed E-state index contributed by atoms with van der Waals surface area (Å²) < 4.78 is 5.49. The molecule has 4 aliphatic carbocycles. The molecule has 0 spiro atoms. The van der Waals surface area contributed by atoms with E-state index in [1.165, 1.54) is 12.0 Å². The van der Waals surface area contributed by atoms with Gasteiger partial charge >= 0.3 is 0 Å². The molecule has 0 radical (unpaired) electrons. The van der Waals surface area contributed by atoms with Crippen molar-refractivity contribution in [1.29, 1.82) is 0 Å². The summed E-state index contributed by atoms with van der Waals surface area (Å²) in [4.78, 5) is 16.0. The van der Waals surface area contributed by atoms with E-state index in [0.29, 0.717) is 23.5 Å². The van der Waals surface area contributed by atoms with Crippen LogP contribution in [0.5, 0.6) is 0 Å². The fraction of sp³-hybridized carbons (Fsp3) is 0.875. The molecule has 0 unspecified atom stereocenters. The first kappa shape index (κ1) is 19.3. The van der Waals surface area contributed by atoms with Crippen molar-refractivity contribution in [2.75, 3.05) is 32.8 Å². The molecule has 0 aromatic rings. The Bertz CT molecular complexity index is 669. The summed E-state index contributed by atoms with van der Waals surface area (Å²) in [5.41, 5.74) is 1.67. The van der Waals surface area contributed by atoms with E-state index >= 15 is 0 Å². The van der Waals surface area contributed by atoms with Gasteiger partial charge in [0.2, 0.25) is 0 Å². The fourth-order valence-corrected chi connectivity index (χ4v) is 7.84. The van der Waals surface area contributed by atoms with Gasteiger partial charge in [-0.1, -0.05) is 25.5 Å². The molecule has 0 aromatic heterocycles. The number of nitrogens with zero attached hydrogens (tertiary/aromatic N) is 1. The average molecular weight is 388 g/mol. The molecule has 1 aliphatic heterocycles. The Morgan fingerprint density at radius 2 is 1.89 bits per heavy atom. The first-order valence-corrected chi connectivity index (χ1v) is 11.6. The minimum Gasteiger partial charge on any atom is -0.393 e. The summed E-state index contributed by atoms with van der Waals surface area (Å²) in [6.45, 7) is 9.27. The SMILES string of the molecule is C[C@@]12CC[C@H]3[C@@H](CC=C4C[C@H](O)CC[C@]43C)[C@H]1C[C@H](CN1CCOCC1)C2=O. The van der Waals surface area contributed by atoms with Crippen LogP contribution in [-0.2, 0) is 9.53 Å². The highest BCUT2D eigenvalue weighted by atomic mass is 16.5. The minimum atomic E-state index is -0.143. The third kappa shape index (κ3) is 2.86. The number of morpholine rings is 1. The van der Waals surface area contributed by atoms with E-state index in [4.69, 9.17) is 4.74 Å². The van der Waals surface area contributed by atoms with E-state index in [-0.39, 0.29) is 22.9 Å². The third-order valence-electron chi connectivity index (χ3n) is 9.52. The maximum atomic E-state index is 13.5. The lowest BCUT2D eigenvalue weighted by molar-refractivity contribution is -0.134. The molecule has 28 heavy (non-hydrogen) atoms. The molecule has 4 fully saturated rings. The number of ether oxygens (including phenoxy) is 1. The topological polar surface area (TPSA) is 49.8 Å². The molecule has 4 heteroatoms. The lowest BCUT2D eigenvalue weighted by atomic mass is 9.48. The van der Waals surface area contributed by atoms with Crippen LogP contribution >= 0.6 is 0 Å². The van der Waals surface area contributed by atoms with Crippen molar-refractivity contribution < 1.29 is 14.6 Å². The molecule has 0 bridgehead atoms. The lowest BCUT2D eigenvalue weighted by Gasteiger charge is -2.56. The quantitative estimate of drug-likeness (QED) is 0.738. The Morgan fingerprint density at radius 1 is 1.14 bits per heavy atom. The highest BCUT2D eigenvalue weighted by molar-refractivity contribution is 5.89. The summed E-state index contributed by atoms with van der Waals surface area (Å²) in [7, 11) is 0. The van der Waals surface area contributed by atoms with Crippen LogP contribution in [0.4, 0.5) is 0 Å². The number of fused-ring (bicyclic) bond motifs is 5. The Labute approximate surface area is 169 Å². The molecular weight excluding hydrogens is 350 g/mol. The smallest absolute Gasteiger partial charge is 0.143 e. The molecule has 156 valence electrons. The molecule has 1 saturated heterocycles. The number of rotatable bonds is 2. The summed E-state index contributed by atoms with van der Waals surface area (Å²) in [5.74, 6) is 2.68. The van der Waals surface area contributed by atoms with Crippen LogP contribution in [0.1, 0.15) is 58.8 Å². The fourth-order valence-electron chi connectivity index (χ4n) is 7.84. The lowest BCUT2D eigenvalue weighted by Crippen LogP contribution is -2.50. The van der Waals surface area contributed by atoms with Gasteiger partial charge in [0.05, 0.1) is 19.3 Å². The highest BCUT2D eigenvalue weighted by Crippen LogP contribution is 2.64. The highest BCUT2D eigenvalue weighted by Gasteiger charge is 2.61. The second kappa shape index (κ2) is 6.92. The number of hydrogen-bond acceptors (Lipinski definition) is 4. The van der Waals surface area contributed by atoms with Gasteiger partial charge in [0, 0.05) is 31.0 Å². The van der Waals surface area contributed by atoms with Crippen LogP contribution in [0.3, 0.4) is 0 Å². The van der Waals surface area contributed by atoms with Gasteiger partial charge in [-0.2, -0.15) is 0 Å². The van der Waals surface area contributed by atoms with E-state index in [2.05, 4.69) is 24.8 Å². The Balaban J connectivity index is 1.38. The van der Waals surface area contributed by atoms with E-state index in [1.54, 1.807) is 0 Å². The molecule has 4 nitrogen and oxygen atoms in total. The molecule has 7 atom stereocenters. The summed E-state index contributed by atoms with van der Waals surface area (Å²) in [6, 6.07) is 0. The maximum Gasteiger partial charge on any atom is 0.143 e. The molecule has 5 aliphatic rings. The zero-order valence-electron chi connectivity index (χ0n) is 17.7. The first-order valence-electron chi connectivity index (χ1n) is 11.6. The van der Waals surface area contributed by atoms with Gasteiger partial charge in [-0.25, -0.2) is 0 Å². The Morgan fingerprint density at radius 3 is 2.68 bits per heavy atom. The van der Waals surface area contributed by atoms with Gasteiger partial charge in [-0.15, -0.1) is 0 Å². The normalized spacial score (nSPS) is 49.2. The number of allylic oxidation sites excluding steroid dienone is 1. The van der Waals surface area contributed by atoms with Gasteiger partial charge in [0.25, 0.3) is 0 Å².